The second-order valence-corrected chi connectivity index (χ2v) is 5.11. The first-order valence-electron chi connectivity index (χ1n) is 6.81. The van der Waals surface area contributed by atoms with Crippen molar-refractivity contribution in [3.63, 3.8) is 0 Å². The number of hydrogen-bond donors (Lipinski definition) is 1. The molecule has 4 nitrogen and oxygen atoms in total. The summed E-state index contributed by atoms with van der Waals surface area (Å²) in [5.74, 6) is 0.460. The number of pyridine rings is 1. The van der Waals surface area contributed by atoms with Crippen LogP contribution in [0.4, 0.5) is 5.82 Å². The Balaban J connectivity index is 2.17. The molecular weight excluding hydrogens is 286 g/mol. The highest BCUT2D eigenvalue weighted by atomic mass is 35.5. The fourth-order valence-corrected chi connectivity index (χ4v) is 2.17. The molecule has 1 aromatic heterocycles. The molecule has 1 heterocycles. The first kappa shape index (κ1) is 15.3. The number of amides is 1. The van der Waals surface area contributed by atoms with Gasteiger partial charge in [0.05, 0.1) is 5.02 Å². The van der Waals surface area contributed by atoms with Crippen LogP contribution in [0.15, 0.2) is 42.5 Å². The van der Waals surface area contributed by atoms with E-state index in [-0.39, 0.29) is 11.6 Å². The molecule has 0 spiro atoms. The van der Waals surface area contributed by atoms with Crippen LogP contribution in [0.3, 0.4) is 0 Å². The Labute approximate surface area is 129 Å². The lowest BCUT2D eigenvalue weighted by atomic mass is 10.2. The van der Waals surface area contributed by atoms with Gasteiger partial charge in [-0.1, -0.05) is 41.9 Å². The number of hydrogen-bond acceptors (Lipinski definition) is 3. The van der Waals surface area contributed by atoms with E-state index in [0.29, 0.717) is 17.4 Å². The van der Waals surface area contributed by atoms with Gasteiger partial charge in [-0.05, 0) is 24.6 Å². The lowest BCUT2D eigenvalue weighted by Gasteiger charge is -2.18. The van der Waals surface area contributed by atoms with Gasteiger partial charge in [-0.15, -0.1) is 0 Å². The van der Waals surface area contributed by atoms with E-state index in [1.807, 2.05) is 37.3 Å². The van der Waals surface area contributed by atoms with E-state index in [9.17, 15) is 4.79 Å². The Hall–Kier alpha value is -2.07. The van der Waals surface area contributed by atoms with E-state index in [1.165, 1.54) is 0 Å². The molecule has 0 saturated heterocycles. The number of benzene rings is 1. The van der Waals surface area contributed by atoms with Gasteiger partial charge in [-0.3, -0.25) is 4.79 Å². The Morgan fingerprint density at radius 2 is 1.95 bits per heavy atom. The van der Waals surface area contributed by atoms with Gasteiger partial charge in [0.1, 0.15) is 11.5 Å². The topological polar surface area (TPSA) is 45.2 Å². The van der Waals surface area contributed by atoms with Crippen molar-refractivity contribution in [3.05, 3.63) is 58.7 Å². The SMILES string of the molecule is CCNc1ccc(Cl)c(C(=O)N(C)Cc2ccccc2)n1. The molecule has 0 unspecified atom stereocenters. The van der Waals surface area contributed by atoms with Crippen molar-refractivity contribution in [2.45, 2.75) is 13.5 Å². The number of nitrogens with one attached hydrogen (secondary N) is 1. The highest BCUT2D eigenvalue weighted by Gasteiger charge is 2.17. The number of carbonyl (C=O) groups is 1. The third-order valence-electron chi connectivity index (χ3n) is 3.02. The Morgan fingerprint density at radius 3 is 2.62 bits per heavy atom. The summed E-state index contributed by atoms with van der Waals surface area (Å²) in [4.78, 5) is 18.4. The second-order valence-electron chi connectivity index (χ2n) is 4.70. The van der Waals surface area contributed by atoms with Crippen molar-refractivity contribution in [1.82, 2.24) is 9.88 Å². The highest BCUT2D eigenvalue weighted by molar-refractivity contribution is 6.33. The van der Waals surface area contributed by atoms with Crippen LogP contribution in [0.2, 0.25) is 5.02 Å². The Bertz CT molecular complexity index is 616. The Morgan fingerprint density at radius 1 is 1.24 bits per heavy atom. The van der Waals surface area contributed by atoms with Gasteiger partial charge in [-0.25, -0.2) is 4.98 Å². The van der Waals surface area contributed by atoms with E-state index >= 15 is 0 Å². The van der Waals surface area contributed by atoms with E-state index in [1.54, 1.807) is 24.1 Å². The lowest BCUT2D eigenvalue weighted by Crippen LogP contribution is -2.27. The molecule has 110 valence electrons. The maximum absolute atomic E-state index is 12.5. The first-order valence-corrected chi connectivity index (χ1v) is 7.19. The third kappa shape index (κ3) is 3.95. The highest BCUT2D eigenvalue weighted by Crippen LogP contribution is 2.19. The van der Waals surface area contributed by atoms with Gasteiger partial charge in [0.15, 0.2) is 0 Å². The normalized spacial score (nSPS) is 10.2. The molecule has 2 aromatic rings. The van der Waals surface area contributed by atoms with Crippen molar-refractivity contribution in [3.8, 4) is 0 Å². The summed E-state index contributed by atoms with van der Waals surface area (Å²) in [6.07, 6.45) is 0. The van der Waals surface area contributed by atoms with Crippen molar-refractivity contribution in [1.29, 1.82) is 0 Å². The maximum Gasteiger partial charge on any atom is 0.274 e. The molecule has 0 aliphatic carbocycles. The van der Waals surface area contributed by atoms with E-state index in [2.05, 4.69) is 10.3 Å². The second kappa shape index (κ2) is 7.09. The average Bonchev–Trinajstić information content (AvgIpc) is 2.50. The number of anilines is 1. The molecule has 1 N–H and O–H groups in total. The maximum atomic E-state index is 12.5. The quantitative estimate of drug-likeness (QED) is 0.920. The molecule has 1 amide bonds. The zero-order valence-electron chi connectivity index (χ0n) is 12.1. The molecule has 0 bridgehead atoms. The summed E-state index contributed by atoms with van der Waals surface area (Å²) >= 11 is 6.10. The molecule has 21 heavy (non-hydrogen) atoms. The van der Waals surface area contributed by atoms with Crippen LogP contribution >= 0.6 is 11.6 Å². The van der Waals surface area contributed by atoms with E-state index in [0.717, 1.165) is 12.1 Å². The minimum Gasteiger partial charge on any atom is -0.370 e. The molecule has 0 atom stereocenters. The monoisotopic (exact) mass is 303 g/mol. The summed E-state index contributed by atoms with van der Waals surface area (Å²) in [5.41, 5.74) is 1.33. The minimum absolute atomic E-state index is 0.191. The summed E-state index contributed by atoms with van der Waals surface area (Å²) in [5, 5.41) is 3.44. The van der Waals surface area contributed by atoms with Crippen molar-refractivity contribution in [2.24, 2.45) is 0 Å². The van der Waals surface area contributed by atoms with Crippen LogP contribution in [0.5, 0.6) is 0 Å². The standard InChI is InChI=1S/C16H18ClN3O/c1-3-18-14-10-9-13(17)15(19-14)16(21)20(2)11-12-7-5-4-6-8-12/h4-10H,3,11H2,1-2H3,(H,18,19). The fraction of sp³-hybridized carbons (Fsp3) is 0.250. The molecule has 0 fully saturated rings. The predicted molar refractivity (Wildman–Crippen MR) is 85.7 cm³/mol. The molecule has 1 aromatic carbocycles. The van der Waals surface area contributed by atoms with Gasteiger partial charge < -0.3 is 10.2 Å². The van der Waals surface area contributed by atoms with Crippen LogP contribution in [0, 0.1) is 0 Å². The predicted octanol–water partition coefficient (Wildman–Crippen LogP) is 3.44. The first-order chi connectivity index (χ1) is 10.1. The molecule has 5 heteroatoms. The third-order valence-corrected chi connectivity index (χ3v) is 3.32. The number of nitrogens with zero attached hydrogens (tertiary/aromatic N) is 2. The largest absolute Gasteiger partial charge is 0.370 e. The lowest BCUT2D eigenvalue weighted by molar-refractivity contribution is 0.0779. The van der Waals surface area contributed by atoms with Gasteiger partial charge >= 0.3 is 0 Å². The molecule has 0 aliphatic heterocycles. The summed E-state index contributed by atoms with van der Waals surface area (Å²) in [7, 11) is 1.74. The van der Waals surface area contributed by atoms with Crippen LogP contribution in [-0.2, 0) is 6.54 Å². The zero-order valence-corrected chi connectivity index (χ0v) is 12.9. The minimum atomic E-state index is -0.191. The van der Waals surface area contributed by atoms with Gasteiger partial charge in [0, 0.05) is 20.1 Å². The van der Waals surface area contributed by atoms with Crippen molar-refractivity contribution in [2.75, 3.05) is 18.9 Å². The molecule has 2 rings (SSSR count). The van der Waals surface area contributed by atoms with E-state index in [4.69, 9.17) is 11.6 Å². The summed E-state index contributed by atoms with van der Waals surface area (Å²) < 4.78 is 0. The molecule has 0 saturated carbocycles. The van der Waals surface area contributed by atoms with Crippen molar-refractivity contribution < 1.29 is 4.79 Å². The van der Waals surface area contributed by atoms with E-state index < -0.39 is 0 Å². The fourth-order valence-electron chi connectivity index (χ4n) is 1.98. The number of rotatable bonds is 5. The number of aromatic nitrogens is 1. The van der Waals surface area contributed by atoms with Gasteiger partial charge in [0.2, 0.25) is 0 Å². The van der Waals surface area contributed by atoms with Crippen molar-refractivity contribution >= 4 is 23.3 Å². The van der Waals surface area contributed by atoms with Crippen LogP contribution in [0.1, 0.15) is 23.0 Å². The molecule has 0 radical (unpaired) electrons. The van der Waals surface area contributed by atoms with Crippen LogP contribution in [-0.4, -0.2) is 29.4 Å². The van der Waals surface area contributed by atoms with Crippen LogP contribution in [0.25, 0.3) is 0 Å². The summed E-state index contributed by atoms with van der Waals surface area (Å²) in [6, 6.07) is 13.3. The molecule has 0 aliphatic rings. The zero-order chi connectivity index (χ0) is 15.2. The summed E-state index contributed by atoms with van der Waals surface area (Å²) in [6.45, 7) is 3.23. The number of carbonyl (C=O) groups excluding carboxylic acids is 1. The Kier molecular flexibility index (Phi) is 5.17. The van der Waals surface area contributed by atoms with Crippen LogP contribution < -0.4 is 5.32 Å². The number of halogens is 1. The average molecular weight is 304 g/mol. The van der Waals surface area contributed by atoms with Gasteiger partial charge in [0.25, 0.3) is 5.91 Å². The molecular formula is C16H18ClN3O. The van der Waals surface area contributed by atoms with Gasteiger partial charge in [-0.2, -0.15) is 0 Å². The smallest absolute Gasteiger partial charge is 0.274 e.